The summed E-state index contributed by atoms with van der Waals surface area (Å²) in [6.07, 6.45) is 1.70. The fourth-order valence-corrected chi connectivity index (χ4v) is 4.84. The summed E-state index contributed by atoms with van der Waals surface area (Å²) < 4.78 is 7.04. The lowest BCUT2D eigenvalue weighted by atomic mass is 9.57. The molecule has 1 aliphatic carbocycles. The third kappa shape index (κ3) is 1.89. The van der Waals surface area contributed by atoms with Crippen LogP contribution in [0.15, 0.2) is 15.9 Å². The second-order valence-corrected chi connectivity index (χ2v) is 7.47. The first kappa shape index (κ1) is 12.2. The highest BCUT2D eigenvalue weighted by atomic mass is 79.9. The molecule has 0 amide bonds. The maximum atomic E-state index is 5.81. The summed E-state index contributed by atoms with van der Waals surface area (Å²) in [6, 6.07) is 2.72. The smallest absolute Gasteiger partial charge is 0.0685 e. The van der Waals surface area contributed by atoms with Gasteiger partial charge in [-0.2, -0.15) is 0 Å². The molecule has 2 fully saturated rings. The predicted molar refractivity (Wildman–Crippen MR) is 74.3 cm³/mol. The summed E-state index contributed by atoms with van der Waals surface area (Å²) in [6.45, 7) is 6.55. The Balaban J connectivity index is 1.64. The van der Waals surface area contributed by atoms with Gasteiger partial charge in [-0.25, -0.2) is 0 Å². The molecule has 1 aromatic rings. The molecule has 1 saturated carbocycles. The predicted octanol–water partition coefficient (Wildman–Crippen LogP) is 3.41. The van der Waals surface area contributed by atoms with Crippen LogP contribution in [0.3, 0.4) is 0 Å². The Labute approximate surface area is 115 Å². The molecule has 1 aromatic heterocycles. The lowest BCUT2D eigenvalue weighted by Crippen LogP contribution is -2.65. The van der Waals surface area contributed by atoms with E-state index in [1.807, 2.05) is 11.3 Å². The Hall–Kier alpha value is 0.1000. The standard InChI is InChI=1S/C13H18BrNOS/c1-13(2)11(8-3-5-16-12(8)13)15-7-10-9(14)4-6-17-10/h4,6,8,11-12,15H,3,5,7H2,1-2H3. The Morgan fingerprint density at radius 2 is 2.41 bits per heavy atom. The summed E-state index contributed by atoms with van der Waals surface area (Å²) in [7, 11) is 0. The van der Waals surface area contributed by atoms with Gasteiger partial charge in [-0.3, -0.25) is 0 Å². The van der Waals surface area contributed by atoms with E-state index in [9.17, 15) is 0 Å². The first-order valence-corrected chi connectivity index (χ1v) is 7.85. The van der Waals surface area contributed by atoms with E-state index >= 15 is 0 Å². The molecule has 1 N–H and O–H groups in total. The van der Waals surface area contributed by atoms with Crippen molar-refractivity contribution in [2.45, 2.75) is 39.0 Å². The van der Waals surface area contributed by atoms with Crippen molar-refractivity contribution < 1.29 is 4.74 Å². The van der Waals surface area contributed by atoms with Crippen molar-refractivity contribution in [2.75, 3.05) is 6.61 Å². The van der Waals surface area contributed by atoms with Crippen LogP contribution in [0.2, 0.25) is 0 Å². The fraction of sp³-hybridized carbons (Fsp3) is 0.692. The monoisotopic (exact) mass is 315 g/mol. The van der Waals surface area contributed by atoms with Crippen LogP contribution in [-0.4, -0.2) is 18.8 Å². The summed E-state index contributed by atoms with van der Waals surface area (Å²) >= 11 is 5.40. The van der Waals surface area contributed by atoms with Gasteiger partial charge in [0, 0.05) is 39.9 Å². The average molecular weight is 316 g/mol. The molecule has 17 heavy (non-hydrogen) atoms. The molecule has 3 rings (SSSR count). The van der Waals surface area contributed by atoms with Crippen molar-refractivity contribution in [3.05, 3.63) is 20.8 Å². The molecule has 3 unspecified atom stereocenters. The number of thiophene rings is 1. The number of hydrogen-bond donors (Lipinski definition) is 1. The van der Waals surface area contributed by atoms with E-state index in [2.05, 4.69) is 46.5 Å². The molecule has 0 spiro atoms. The number of nitrogens with one attached hydrogen (secondary N) is 1. The van der Waals surface area contributed by atoms with E-state index in [1.54, 1.807) is 0 Å². The Morgan fingerprint density at radius 3 is 3.12 bits per heavy atom. The van der Waals surface area contributed by atoms with E-state index in [-0.39, 0.29) is 5.41 Å². The van der Waals surface area contributed by atoms with Gasteiger partial charge < -0.3 is 10.1 Å². The van der Waals surface area contributed by atoms with Crippen LogP contribution in [-0.2, 0) is 11.3 Å². The van der Waals surface area contributed by atoms with Crippen molar-refractivity contribution >= 4 is 27.3 Å². The Kier molecular flexibility index (Phi) is 3.10. The highest BCUT2D eigenvalue weighted by molar-refractivity contribution is 9.10. The zero-order chi connectivity index (χ0) is 12.0. The lowest BCUT2D eigenvalue weighted by Gasteiger charge is -2.55. The van der Waals surface area contributed by atoms with Crippen molar-refractivity contribution in [1.29, 1.82) is 0 Å². The molecular weight excluding hydrogens is 298 g/mol. The third-order valence-electron chi connectivity index (χ3n) is 4.27. The van der Waals surface area contributed by atoms with E-state index in [4.69, 9.17) is 4.74 Å². The minimum atomic E-state index is 0.283. The zero-order valence-electron chi connectivity index (χ0n) is 10.2. The summed E-state index contributed by atoms with van der Waals surface area (Å²) in [5, 5.41) is 5.86. The molecule has 1 aliphatic heterocycles. The van der Waals surface area contributed by atoms with Gasteiger partial charge in [0.1, 0.15) is 0 Å². The van der Waals surface area contributed by atoms with E-state index in [1.165, 1.54) is 15.8 Å². The molecule has 2 aliphatic rings. The van der Waals surface area contributed by atoms with Crippen LogP contribution >= 0.6 is 27.3 Å². The molecule has 2 nitrogen and oxygen atoms in total. The van der Waals surface area contributed by atoms with Crippen LogP contribution in [0.25, 0.3) is 0 Å². The molecule has 94 valence electrons. The number of hydrogen-bond acceptors (Lipinski definition) is 3. The fourth-order valence-electron chi connectivity index (χ4n) is 3.39. The molecular formula is C13H18BrNOS. The Morgan fingerprint density at radius 1 is 1.59 bits per heavy atom. The minimum absolute atomic E-state index is 0.283. The van der Waals surface area contributed by atoms with Crippen LogP contribution in [0, 0.1) is 11.3 Å². The summed E-state index contributed by atoms with van der Waals surface area (Å²) in [5.74, 6) is 0.726. The van der Waals surface area contributed by atoms with Gasteiger partial charge in [-0.1, -0.05) is 13.8 Å². The lowest BCUT2D eigenvalue weighted by molar-refractivity contribution is -0.112. The normalized spacial score (nSPS) is 34.4. The maximum Gasteiger partial charge on any atom is 0.0685 e. The SMILES string of the molecule is CC1(C)C(NCc2sccc2Br)C2CCOC21. The highest BCUT2D eigenvalue weighted by Gasteiger charge is 2.58. The Bertz CT molecular complexity index is 417. The second kappa shape index (κ2) is 4.34. The summed E-state index contributed by atoms with van der Waals surface area (Å²) in [4.78, 5) is 1.39. The molecule has 0 aromatic carbocycles. The second-order valence-electron chi connectivity index (χ2n) is 5.62. The number of rotatable bonds is 3. The van der Waals surface area contributed by atoms with E-state index in [0.29, 0.717) is 12.1 Å². The third-order valence-corrected chi connectivity index (χ3v) is 6.20. The van der Waals surface area contributed by atoms with E-state index < -0.39 is 0 Å². The van der Waals surface area contributed by atoms with Gasteiger partial charge in [0.05, 0.1) is 6.10 Å². The first-order chi connectivity index (χ1) is 8.10. The maximum absolute atomic E-state index is 5.81. The first-order valence-electron chi connectivity index (χ1n) is 6.17. The van der Waals surface area contributed by atoms with Crippen LogP contribution in [0.5, 0.6) is 0 Å². The molecule has 1 saturated heterocycles. The van der Waals surface area contributed by atoms with Crippen molar-refractivity contribution in [3.63, 3.8) is 0 Å². The number of ether oxygens (including phenoxy) is 1. The summed E-state index contributed by atoms with van der Waals surface area (Å²) in [5.41, 5.74) is 0.283. The topological polar surface area (TPSA) is 21.3 Å². The van der Waals surface area contributed by atoms with Crippen molar-refractivity contribution in [1.82, 2.24) is 5.32 Å². The van der Waals surface area contributed by atoms with Crippen LogP contribution in [0.4, 0.5) is 0 Å². The van der Waals surface area contributed by atoms with Gasteiger partial charge in [0.15, 0.2) is 0 Å². The van der Waals surface area contributed by atoms with Crippen molar-refractivity contribution in [2.24, 2.45) is 11.3 Å². The van der Waals surface area contributed by atoms with Gasteiger partial charge in [-0.15, -0.1) is 11.3 Å². The quantitative estimate of drug-likeness (QED) is 0.923. The molecule has 2 heterocycles. The highest BCUT2D eigenvalue weighted by Crippen LogP contribution is 2.52. The molecule has 0 radical (unpaired) electrons. The van der Waals surface area contributed by atoms with Crippen LogP contribution in [0.1, 0.15) is 25.1 Å². The van der Waals surface area contributed by atoms with Crippen LogP contribution < -0.4 is 5.32 Å². The van der Waals surface area contributed by atoms with Gasteiger partial charge >= 0.3 is 0 Å². The minimum Gasteiger partial charge on any atom is -0.377 e. The number of fused-ring (bicyclic) bond motifs is 1. The largest absolute Gasteiger partial charge is 0.377 e. The molecule has 3 atom stereocenters. The van der Waals surface area contributed by atoms with Crippen molar-refractivity contribution in [3.8, 4) is 0 Å². The number of halogens is 1. The van der Waals surface area contributed by atoms with E-state index in [0.717, 1.165) is 19.1 Å². The van der Waals surface area contributed by atoms with Gasteiger partial charge in [-0.05, 0) is 33.8 Å². The molecule has 4 heteroatoms. The zero-order valence-corrected chi connectivity index (χ0v) is 12.6. The average Bonchev–Trinajstić information content (AvgIpc) is 2.87. The van der Waals surface area contributed by atoms with Gasteiger partial charge in [0.2, 0.25) is 0 Å². The van der Waals surface area contributed by atoms with Gasteiger partial charge in [0.25, 0.3) is 0 Å². The molecule has 0 bridgehead atoms.